The maximum atomic E-state index is 13.1. The molecule has 9 N–H and O–H groups in total. The second kappa shape index (κ2) is 29.6. The minimum atomic E-state index is -0.690. The fourth-order valence-corrected chi connectivity index (χ4v) is 10.7. The molecule has 0 aliphatic carbocycles. The topological polar surface area (TPSA) is 301 Å². The Hall–Kier alpha value is -7.53. The summed E-state index contributed by atoms with van der Waals surface area (Å²) >= 11 is 0. The number of hydrogen-bond acceptors (Lipinski definition) is 16. The van der Waals surface area contributed by atoms with Crippen molar-refractivity contribution in [2.75, 3.05) is 63.9 Å². The maximum Gasteiger partial charge on any atom is 0.407 e. The van der Waals surface area contributed by atoms with Crippen LogP contribution >= 0.6 is 0 Å². The van der Waals surface area contributed by atoms with E-state index in [0.717, 1.165) is 115 Å². The van der Waals surface area contributed by atoms with Gasteiger partial charge in [-0.25, -0.2) is 14.4 Å². The van der Waals surface area contributed by atoms with Crippen LogP contribution in [0, 0.1) is 11.8 Å². The Balaban J connectivity index is 0.698. The van der Waals surface area contributed by atoms with Crippen LogP contribution in [-0.4, -0.2) is 131 Å². The number of ether oxygens (including phenoxy) is 3. The van der Waals surface area contributed by atoms with Gasteiger partial charge >= 0.3 is 29.5 Å². The normalized spacial score (nSPS) is 14.8. The molecule has 0 saturated carbocycles. The number of alkyl carbamates (subject to hydrolysis) is 1. The van der Waals surface area contributed by atoms with E-state index >= 15 is 0 Å². The van der Waals surface area contributed by atoms with Gasteiger partial charge in [-0.3, -0.25) is 28.5 Å². The maximum absolute atomic E-state index is 13.1. The summed E-state index contributed by atoms with van der Waals surface area (Å²) in [5.41, 5.74) is 16.9. The van der Waals surface area contributed by atoms with Crippen LogP contribution < -0.4 is 48.3 Å². The molecule has 23 heteroatoms. The summed E-state index contributed by atoms with van der Waals surface area (Å²) < 4.78 is 20.0. The number of imidazole rings is 2. The van der Waals surface area contributed by atoms with Gasteiger partial charge in [0.05, 0.1) is 26.3 Å². The van der Waals surface area contributed by atoms with E-state index in [2.05, 4.69) is 93.8 Å². The summed E-state index contributed by atoms with van der Waals surface area (Å²) in [6.07, 6.45) is 10.3. The number of nitrogens with two attached hydrogens (primary N) is 2. The lowest BCUT2D eigenvalue weighted by Gasteiger charge is -2.32. The Kier molecular flexibility index (Phi) is 22.0. The number of unbranched alkanes of at least 4 members (excludes halogenated alkanes) is 2. The predicted molar refractivity (Wildman–Crippen MR) is 320 cm³/mol. The van der Waals surface area contributed by atoms with Gasteiger partial charge in [0.2, 0.25) is 11.8 Å². The predicted octanol–water partition coefficient (Wildman–Crippen LogP) is 6.76. The SMILES string of the molecule is CCCCOc1nc(N)c2[nH]c(=O)n(Cc3ccc(CN4CCC(CCNC(=O)CCC(CCC(=O)NCCC5CCN(Cc6ccc(Cn7c(=O)[nH]c8c(N)nc(OCCCC)nc87)cc6)CC5)NC(=O)OC(C)(C)C)CC4)cc3)c2n1. The highest BCUT2D eigenvalue weighted by atomic mass is 16.6. The number of carbonyl (C=O) groups is 3. The molecule has 0 atom stereocenters. The third-order valence-electron chi connectivity index (χ3n) is 15.6. The van der Waals surface area contributed by atoms with Gasteiger partial charge in [-0.05, 0) is 145 Å². The molecule has 2 aliphatic heterocycles. The molecule has 83 heavy (non-hydrogen) atoms. The number of aromatic nitrogens is 8. The molecule has 4 aromatic heterocycles. The number of nitrogens with zero attached hydrogens (tertiary/aromatic N) is 8. The van der Waals surface area contributed by atoms with E-state index in [1.807, 2.05) is 24.3 Å². The highest BCUT2D eigenvalue weighted by Crippen LogP contribution is 2.25. The van der Waals surface area contributed by atoms with Crippen LogP contribution in [-0.2, 0) is 40.5 Å². The zero-order valence-corrected chi connectivity index (χ0v) is 49.2. The van der Waals surface area contributed by atoms with Gasteiger partial charge in [-0.1, -0.05) is 75.2 Å². The van der Waals surface area contributed by atoms with Crippen molar-refractivity contribution in [1.29, 1.82) is 0 Å². The fourth-order valence-electron chi connectivity index (χ4n) is 10.7. The number of amides is 3. The van der Waals surface area contributed by atoms with E-state index in [1.165, 1.54) is 11.1 Å². The molecule has 8 rings (SSSR count). The average Bonchev–Trinajstić information content (AvgIpc) is 4.07. The minimum absolute atomic E-state index is 0.0783. The molecule has 6 heterocycles. The van der Waals surface area contributed by atoms with Gasteiger partial charge in [-0.2, -0.15) is 19.9 Å². The van der Waals surface area contributed by atoms with E-state index in [9.17, 15) is 24.0 Å². The van der Waals surface area contributed by atoms with Crippen molar-refractivity contribution in [3.05, 3.63) is 91.8 Å². The molecule has 23 nitrogen and oxygen atoms in total. The number of nitrogen functional groups attached to an aromatic ring is 2. The monoisotopic (exact) mass is 1150 g/mol. The average molecular weight is 1150 g/mol. The number of fused-ring (bicyclic) bond motifs is 2. The number of anilines is 2. The summed E-state index contributed by atoms with van der Waals surface area (Å²) in [6.45, 7) is 17.8. The summed E-state index contributed by atoms with van der Waals surface area (Å²) in [4.78, 5) is 92.8. The first-order valence-corrected chi connectivity index (χ1v) is 29.9. The lowest BCUT2D eigenvalue weighted by atomic mass is 9.93. The van der Waals surface area contributed by atoms with Crippen LogP contribution in [0.4, 0.5) is 16.4 Å². The van der Waals surface area contributed by atoms with Gasteiger partial charge < -0.3 is 51.6 Å². The molecule has 0 bridgehead atoms. The van der Waals surface area contributed by atoms with Crippen molar-refractivity contribution >= 4 is 51.9 Å². The van der Waals surface area contributed by atoms with E-state index in [0.29, 0.717) is 86.4 Å². The molecule has 2 fully saturated rings. The first kappa shape index (κ1) is 61.5. The smallest absolute Gasteiger partial charge is 0.407 e. The Labute approximate surface area is 485 Å². The van der Waals surface area contributed by atoms with Crippen molar-refractivity contribution in [3.63, 3.8) is 0 Å². The lowest BCUT2D eigenvalue weighted by Crippen LogP contribution is -2.40. The number of aromatic amines is 2. The van der Waals surface area contributed by atoms with Crippen LogP contribution in [0.2, 0.25) is 0 Å². The highest BCUT2D eigenvalue weighted by Gasteiger charge is 2.25. The Morgan fingerprint density at radius 2 is 1.00 bits per heavy atom. The van der Waals surface area contributed by atoms with Crippen molar-refractivity contribution < 1.29 is 28.6 Å². The van der Waals surface area contributed by atoms with Gasteiger partial charge in [0.1, 0.15) is 16.6 Å². The first-order chi connectivity index (χ1) is 40.0. The Morgan fingerprint density at radius 3 is 1.37 bits per heavy atom. The van der Waals surface area contributed by atoms with Crippen LogP contribution in [0.15, 0.2) is 58.1 Å². The van der Waals surface area contributed by atoms with Gasteiger partial charge in [-0.15, -0.1) is 0 Å². The molecule has 0 spiro atoms. The number of nitrogens with one attached hydrogen (secondary N) is 5. The molecule has 0 unspecified atom stereocenters. The second-order valence-electron chi connectivity index (χ2n) is 23.4. The summed E-state index contributed by atoms with van der Waals surface area (Å²) in [6, 6.07) is 16.5. The number of carbonyl (C=O) groups excluding carboxylic acids is 3. The fraction of sp³-hybridized carbons (Fsp3) is 0.583. The molecule has 2 aliphatic rings. The van der Waals surface area contributed by atoms with Crippen LogP contribution in [0.1, 0.15) is 147 Å². The van der Waals surface area contributed by atoms with E-state index in [4.69, 9.17) is 25.7 Å². The minimum Gasteiger partial charge on any atom is -0.463 e. The third kappa shape index (κ3) is 18.5. The number of benzene rings is 2. The highest BCUT2D eigenvalue weighted by molar-refractivity contribution is 5.83. The molecule has 3 amide bonds. The lowest BCUT2D eigenvalue weighted by molar-refractivity contribution is -0.121. The summed E-state index contributed by atoms with van der Waals surface area (Å²) in [5, 5.41) is 9.11. The largest absolute Gasteiger partial charge is 0.463 e. The first-order valence-electron chi connectivity index (χ1n) is 29.9. The molecule has 2 aromatic carbocycles. The second-order valence-corrected chi connectivity index (χ2v) is 23.4. The molecular formula is C60H87N15O8. The molecule has 6 aromatic rings. The zero-order chi connectivity index (χ0) is 58.9. The van der Waals surface area contributed by atoms with Crippen molar-refractivity contribution in [3.8, 4) is 12.0 Å². The number of H-pyrrole nitrogens is 2. The van der Waals surface area contributed by atoms with Gasteiger partial charge in [0.15, 0.2) is 22.9 Å². The molecule has 0 radical (unpaired) electrons. The summed E-state index contributed by atoms with van der Waals surface area (Å²) in [5.74, 6) is 1.21. The zero-order valence-electron chi connectivity index (χ0n) is 49.2. The third-order valence-corrected chi connectivity index (χ3v) is 15.6. The molecule has 450 valence electrons. The van der Waals surface area contributed by atoms with Crippen molar-refractivity contribution in [1.82, 2.24) is 64.8 Å². The number of piperidine rings is 2. The van der Waals surface area contributed by atoms with Crippen LogP contribution in [0.5, 0.6) is 12.0 Å². The summed E-state index contributed by atoms with van der Waals surface area (Å²) in [7, 11) is 0. The molecular weight excluding hydrogens is 1060 g/mol. The van der Waals surface area contributed by atoms with Gasteiger partial charge in [0.25, 0.3) is 0 Å². The quantitative estimate of drug-likeness (QED) is 0.0239. The van der Waals surface area contributed by atoms with E-state index < -0.39 is 17.7 Å². The van der Waals surface area contributed by atoms with Crippen molar-refractivity contribution in [2.45, 2.75) is 162 Å². The number of rotatable bonds is 29. The van der Waals surface area contributed by atoms with E-state index in [-0.39, 0.29) is 59.7 Å². The number of likely N-dealkylation sites (tertiary alicyclic amines) is 2. The standard InChI is InChI=1S/C60H87N15O8/c1-6-8-34-81-55-68-51(61)49-53(70-55)74(57(78)66-49)38-44-14-10-42(11-15-44)36-72-30-24-40(25-31-72)22-28-63-47(76)20-18-46(65-59(80)83-60(3,4)5)19-21-48(77)64-29-23-41-26-32-73(33-27-41)37-43-12-16-45(17-13-43)39-75-54-50(67-58(75)79)52(62)69-56(71-54)82-35-9-7-2/h10-17,40-41,46H,6-9,18-39H2,1-5H3,(H,63,76)(H,64,77)(H,65,80)(H,66,78)(H,67,79)(H2,61,68,70)(H2,62,69,71). The van der Waals surface area contributed by atoms with Crippen molar-refractivity contribution in [2.24, 2.45) is 11.8 Å². The number of hydrogen-bond donors (Lipinski definition) is 7. The molecule has 2 saturated heterocycles. The van der Waals surface area contributed by atoms with Gasteiger partial charge in [0, 0.05) is 45.1 Å². The van der Waals surface area contributed by atoms with Crippen LogP contribution in [0.3, 0.4) is 0 Å². The Bertz CT molecular complexity index is 2990. The Morgan fingerprint density at radius 1 is 0.614 bits per heavy atom. The van der Waals surface area contributed by atoms with Crippen LogP contribution in [0.25, 0.3) is 22.3 Å². The van der Waals surface area contributed by atoms with E-state index in [1.54, 1.807) is 29.9 Å².